The molecule has 1 amide bonds. The number of hydrogen-bond donors (Lipinski definition) is 5. The third-order valence-corrected chi connectivity index (χ3v) is 5.75. The largest absolute Gasteiger partial charge is 0.505 e. The highest BCUT2D eigenvalue weighted by molar-refractivity contribution is 5.99. The Morgan fingerprint density at radius 1 is 1.03 bits per heavy atom. The number of phenolic OH excluding ortho intramolecular Hbond substituents is 1. The molecule has 1 aliphatic heterocycles. The molecule has 1 fully saturated rings. The topological polar surface area (TPSA) is 140 Å². The molecule has 4 rings (SSSR count). The Morgan fingerprint density at radius 2 is 1.71 bits per heavy atom. The first-order chi connectivity index (χ1) is 16.5. The molecule has 10 nitrogen and oxygen atoms in total. The third kappa shape index (κ3) is 4.81. The highest BCUT2D eigenvalue weighted by Gasteiger charge is 2.24. The van der Waals surface area contributed by atoms with Crippen LogP contribution in [0.25, 0.3) is 0 Å². The zero-order valence-electron chi connectivity index (χ0n) is 18.8. The molecule has 0 aliphatic carbocycles. The van der Waals surface area contributed by atoms with Gasteiger partial charge in [-0.05, 0) is 24.1 Å². The number of aromatic hydroxyl groups is 1. The molecule has 2 heterocycles. The van der Waals surface area contributed by atoms with E-state index in [1.54, 1.807) is 11.0 Å². The summed E-state index contributed by atoms with van der Waals surface area (Å²) in [6, 6.07) is 14.0. The van der Waals surface area contributed by atoms with E-state index in [0.29, 0.717) is 32.7 Å². The van der Waals surface area contributed by atoms with Crippen molar-refractivity contribution in [2.24, 2.45) is 0 Å². The second kappa shape index (κ2) is 10.3. The standard InChI is InChI=1S/C24H27N5O5/c1-2-17(15-7-4-3-5-8-15)25-19-20(23(32)28-27-22(19)31)26-18-10-6-9-16(21(18)30)24(33)29-11-13-34-14-12-29/h3-10,17,30H,2,11-14H2,1H3,(H2,25,28,32)(H2,26,27,31)/t17-/m1/s1. The van der Waals surface area contributed by atoms with Gasteiger partial charge >= 0.3 is 0 Å². The lowest BCUT2D eigenvalue weighted by Crippen LogP contribution is -2.40. The summed E-state index contributed by atoms with van der Waals surface area (Å²) in [6.07, 6.45) is 0.657. The quantitative estimate of drug-likeness (QED) is 0.338. The van der Waals surface area contributed by atoms with Crippen LogP contribution in [-0.2, 0) is 4.74 Å². The smallest absolute Gasteiger partial charge is 0.288 e. The highest BCUT2D eigenvalue weighted by Crippen LogP contribution is 2.32. The van der Waals surface area contributed by atoms with Gasteiger partial charge in [-0.15, -0.1) is 0 Å². The number of rotatable bonds is 7. The Bertz CT molecular complexity index is 1260. The number of ether oxygens (including phenoxy) is 1. The number of para-hydroxylation sites is 1. The molecular formula is C24H27N5O5. The first kappa shape index (κ1) is 23.1. The van der Waals surface area contributed by atoms with Gasteiger partial charge in [0.2, 0.25) is 0 Å². The van der Waals surface area contributed by atoms with Crippen LogP contribution >= 0.6 is 0 Å². The molecule has 10 heteroatoms. The molecule has 2 aromatic carbocycles. The molecule has 1 aromatic heterocycles. The molecule has 34 heavy (non-hydrogen) atoms. The number of anilines is 3. The number of nitrogens with one attached hydrogen (secondary N) is 4. The summed E-state index contributed by atoms with van der Waals surface area (Å²) in [5.41, 5.74) is 0.0278. The van der Waals surface area contributed by atoms with Crippen molar-refractivity contribution in [2.45, 2.75) is 19.4 Å². The summed E-state index contributed by atoms with van der Waals surface area (Å²) in [5.74, 6) is -0.641. The number of carbonyl (C=O) groups is 1. The monoisotopic (exact) mass is 465 g/mol. The normalized spacial score (nSPS) is 14.4. The Labute approximate surface area is 195 Å². The van der Waals surface area contributed by atoms with Crippen molar-refractivity contribution in [1.29, 1.82) is 0 Å². The summed E-state index contributed by atoms with van der Waals surface area (Å²) in [4.78, 5) is 39.9. The van der Waals surface area contributed by atoms with Crippen LogP contribution < -0.4 is 21.8 Å². The number of nitrogens with zero attached hydrogens (tertiary/aromatic N) is 1. The van der Waals surface area contributed by atoms with Crippen molar-refractivity contribution >= 4 is 23.0 Å². The Balaban J connectivity index is 1.67. The van der Waals surface area contributed by atoms with Crippen LogP contribution in [0.5, 0.6) is 5.75 Å². The van der Waals surface area contributed by atoms with Gasteiger partial charge in [-0.25, -0.2) is 0 Å². The van der Waals surface area contributed by atoms with Crippen LogP contribution in [0.15, 0.2) is 58.1 Å². The van der Waals surface area contributed by atoms with Gasteiger partial charge in [-0.1, -0.05) is 43.3 Å². The number of hydrogen-bond acceptors (Lipinski definition) is 7. The van der Waals surface area contributed by atoms with E-state index < -0.39 is 11.1 Å². The molecule has 3 aromatic rings. The van der Waals surface area contributed by atoms with Gasteiger partial charge < -0.3 is 25.4 Å². The fourth-order valence-electron chi connectivity index (χ4n) is 3.89. The van der Waals surface area contributed by atoms with Gasteiger partial charge in [0.15, 0.2) is 5.75 Å². The summed E-state index contributed by atoms with van der Waals surface area (Å²) in [7, 11) is 0. The van der Waals surface area contributed by atoms with Crippen LogP contribution in [-0.4, -0.2) is 52.4 Å². The summed E-state index contributed by atoms with van der Waals surface area (Å²) in [5, 5.41) is 21.5. The summed E-state index contributed by atoms with van der Waals surface area (Å²) in [6.45, 7) is 3.68. The number of phenols is 1. The Hall–Kier alpha value is -4.05. The predicted octanol–water partition coefficient (Wildman–Crippen LogP) is 2.55. The zero-order chi connectivity index (χ0) is 24.1. The van der Waals surface area contributed by atoms with Crippen molar-refractivity contribution in [2.75, 3.05) is 36.9 Å². The summed E-state index contributed by atoms with van der Waals surface area (Å²) < 4.78 is 5.28. The maximum Gasteiger partial charge on any atom is 0.288 e. The van der Waals surface area contributed by atoms with Crippen LogP contribution in [0.1, 0.15) is 35.3 Å². The lowest BCUT2D eigenvalue weighted by Gasteiger charge is -2.27. The summed E-state index contributed by atoms with van der Waals surface area (Å²) >= 11 is 0. The second-order valence-corrected chi connectivity index (χ2v) is 7.91. The Morgan fingerprint density at radius 3 is 2.38 bits per heavy atom. The van der Waals surface area contributed by atoms with E-state index in [-0.39, 0.29) is 40.3 Å². The molecule has 0 radical (unpaired) electrons. The molecule has 1 saturated heterocycles. The van der Waals surface area contributed by atoms with E-state index in [1.165, 1.54) is 12.1 Å². The number of H-pyrrole nitrogens is 2. The van der Waals surface area contributed by atoms with E-state index in [1.807, 2.05) is 37.3 Å². The van der Waals surface area contributed by atoms with E-state index >= 15 is 0 Å². The lowest BCUT2D eigenvalue weighted by atomic mass is 10.0. The van der Waals surface area contributed by atoms with Crippen molar-refractivity contribution in [3.63, 3.8) is 0 Å². The minimum absolute atomic E-state index is 0.0313. The molecule has 1 aliphatic rings. The Kier molecular flexibility index (Phi) is 6.98. The van der Waals surface area contributed by atoms with Gasteiger partial charge in [0, 0.05) is 13.1 Å². The lowest BCUT2D eigenvalue weighted by molar-refractivity contribution is 0.0301. The van der Waals surface area contributed by atoms with Gasteiger partial charge in [-0.2, -0.15) is 0 Å². The van der Waals surface area contributed by atoms with Crippen molar-refractivity contribution < 1.29 is 14.6 Å². The SMILES string of the molecule is CC[C@@H](Nc1c(Nc2cccc(C(=O)N3CCOCC3)c2O)c(=O)[nH][nH]c1=O)c1ccccc1. The minimum atomic E-state index is -0.589. The van der Waals surface area contributed by atoms with Crippen LogP contribution in [0.3, 0.4) is 0 Å². The number of amides is 1. The van der Waals surface area contributed by atoms with Crippen LogP contribution in [0.4, 0.5) is 17.1 Å². The third-order valence-electron chi connectivity index (χ3n) is 5.75. The van der Waals surface area contributed by atoms with Gasteiger partial charge in [0.1, 0.15) is 11.4 Å². The molecule has 0 saturated carbocycles. The average molecular weight is 466 g/mol. The zero-order valence-corrected chi connectivity index (χ0v) is 18.8. The first-order valence-corrected chi connectivity index (χ1v) is 11.1. The highest BCUT2D eigenvalue weighted by atomic mass is 16.5. The van der Waals surface area contributed by atoms with Gasteiger partial charge in [0.05, 0.1) is 30.5 Å². The minimum Gasteiger partial charge on any atom is -0.505 e. The average Bonchev–Trinajstić information content (AvgIpc) is 2.87. The maximum absolute atomic E-state index is 12.9. The molecule has 5 N–H and O–H groups in total. The molecule has 0 unspecified atom stereocenters. The molecule has 1 atom stereocenters. The number of morpholine rings is 1. The number of benzene rings is 2. The van der Waals surface area contributed by atoms with Gasteiger partial charge in [-0.3, -0.25) is 24.6 Å². The van der Waals surface area contributed by atoms with E-state index in [9.17, 15) is 19.5 Å². The maximum atomic E-state index is 12.9. The number of aromatic nitrogens is 2. The van der Waals surface area contributed by atoms with Gasteiger partial charge in [0.25, 0.3) is 17.0 Å². The number of aromatic amines is 2. The van der Waals surface area contributed by atoms with Crippen molar-refractivity contribution in [3.8, 4) is 5.75 Å². The first-order valence-electron chi connectivity index (χ1n) is 11.1. The predicted molar refractivity (Wildman–Crippen MR) is 129 cm³/mol. The molecular weight excluding hydrogens is 438 g/mol. The van der Waals surface area contributed by atoms with Crippen molar-refractivity contribution in [1.82, 2.24) is 15.1 Å². The second-order valence-electron chi connectivity index (χ2n) is 7.91. The molecule has 178 valence electrons. The van der Waals surface area contributed by atoms with E-state index in [2.05, 4.69) is 20.8 Å². The van der Waals surface area contributed by atoms with E-state index in [0.717, 1.165) is 5.56 Å². The molecule has 0 bridgehead atoms. The molecule has 0 spiro atoms. The van der Waals surface area contributed by atoms with Crippen LogP contribution in [0.2, 0.25) is 0 Å². The fraction of sp³-hybridized carbons (Fsp3) is 0.292. The fourth-order valence-corrected chi connectivity index (χ4v) is 3.89. The van der Waals surface area contributed by atoms with Crippen LogP contribution in [0, 0.1) is 0 Å². The van der Waals surface area contributed by atoms with Crippen molar-refractivity contribution in [3.05, 3.63) is 80.4 Å². The number of carbonyl (C=O) groups excluding carboxylic acids is 1. The van der Waals surface area contributed by atoms with E-state index in [4.69, 9.17) is 4.74 Å².